The van der Waals surface area contributed by atoms with Crippen molar-refractivity contribution in [2.75, 3.05) is 18.9 Å². The number of anilines is 1. The molecule has 0 unspecified atom stereocenters. The van der Waals surface area contributed by atoms with Crippen LogP contribution in [0.5, 0.6) is 11.5 Å². The summed E-state index contributed by atoms with van der Waals surface area (Å²) in [5.41, 5.74) is 9.28. The van der Waals surface area contributed by atoms with Gasteiger partial charge in [0, 0.05) is 11.3 Å². The second-order valence-corrected chi connectivity index (χ2v) is 8.55. The molecule has 0 radical (unpaired) electrons. The topological polar surface area (TPSA) is 61.2 Å². The highest BCUT2D eigenvalue weighted by atomic mass is 32.1. The lowest BCUT2D eigenvalue weighted by atomic mass is 10.1. The molecule has 0 amide bonds. The lowest BCUT2D eigenvalue weighted by molar-refractivity contribution is -0.684. The highest BCUT2D eigenvalue weighted by molar-refractivity contribution is 7.18. The van der Waals surface area contributed by atoms with Crippen LogP contribution < -0.4 is 19.8 Å². The number of nitrogens with two attached hydrogens (primary N) is 1. The van der Waals surface area contributed by atoms with E-state index < -0.39 is 0 Å². The van der Waals surface area contributed by atoms with Gasteiger partial charge < -0.3 is 15.2 Å². The fourth-order valence-corrected chi connectivity index (χ4v) is 5.33. The normalized spacial score (nSPS) is 13.9. The molecular formula is C23H30N3O2S+. The van der Waals surface area contributed by atoms with E-state index >= 15 is 0 Å². The molecular weight excluding hydrogens is 382 g/mol. The van der Waals surface area contributed by atoms with E-state index in [1.807, 2.05) is 37.6 Å². The van der Waals surface area contributed by atoms with E-state index in [-0.39, 0.29) is 0 Å². The summed E-state index contributed by atoms with van der Waals surface area (Å²) in [5, 5.41) is 1.19. The van der Waals surface area contributed by atoms with Crippen LogP contribution in [0.1, 0.15) is 49.1 Å². The molecule has 3 aromatic rings. The van der Waals surface area contributed by atoms with Gasteiger partial charge in [0.15, 0.2) is 11.5 Å². The Labute approximate surface area is 176 Å². The van der Waals surface area contributed by atoms with Crippen LogP contribution in [0.25, 0.3) is 10.2 Å². The maximum Gasteiger partial charge on any atom is 0.231 e. The second-order valence-electron chi connectivity index (χ2n) is 7.46. The van der Waals surface area contributed by atoms with Crippen LogP contribution in [0.15, 0.2) is 24.5 Å². The number of nitrogen functional groups attached to an aromatic ring is 1. The van der Waals surface area contributed by atoms with Crippen LogP contribution in [-0.2, 0) is 25.8 Å². The molecule has 0 saturated heterocycles. The van der Waals surface area contributed by atoms with Crippen LogP contribution in [0.3, 0.4) is 0 Å². The minimum absolute atomic E-state index is 0.620. The van der Waals surface area contributed by atoms with Gasteiger partial charge in [-0.15, -0.1) is 11.3 Å². The Balaban J connectivity index is 1.58. The number of fused-ring (bicyclic) bond motifs is 3. The molecule has 0 atom stereocenters. The van der Waals surface area contributed by atoms with Crippen LogP contribution in [0, 0.1) is 0 Å². The number of hydrogen-bond donors (Lipinski definition) is 1. The highest BCUT2D eigenvalue weighted by Crippen LogP contribution is 2.36. The summed E-state index contributed by atoms with van der Waals surface area (Å²) in [5.74, 6) is 2.46. The van der Waals surface area contributed by atoms with Crippen molar-refractivity contribution >= 4 is 27.4 Å². The molecule has 0 bridgehead atoms. The largest absolute Gasteiger partial charge is 0.490 e. The first-order valence-electron chi connectivity index (χ1n) is 10.7. The van der Waals surface area contributed by atoms with Crippen molar-refractivity contribution in [3.05, 3.63) is 40.5 Å². The zero-order valence-electron chi connectivity index (χ0n) is 17.4. The average Bonchev–Trinajstić information content (AvgIpc) is 2.92. The van der Waals surface area contributed by atoms with Gasteiger partial charge in [-0.05, 0) is 62.8 Å². The monoisotopic (exact) mass is 412 g/mol. The van der Waals surface area contributed by atoms with E-state index in [4.69, 9.17) is 20.2 Å². The van der Waals surface area contributed by atoms with Gasteiger partial charge in [0.25, 0.3) is 0 Å². The smallest absolute Gasteiger partial charge is 0.231 e. The van der Waals surface area contributed by atoms with Crippen molar-refractivity contribution in [3.63, 3.8) is 0 Å². The highest BCUT2D eigenvalue weighted by Gasteiger charge is 2.22. The van der Waals surface area contributed by atoms with Crippen LogP contribution in [0.4, 0.5) is 5.82 Å². The second kappa shape index (κ2) is 8.99. The maximum absolute atomic E-state index is 6.63. The lowest BCUT2D eigenvalue weighted by Gasteiger charge is -2.12. The van der Waals surface area contributed by atoms with Crippen molar-refractivity contribution < 1.29 is 14.0 Å². The molecule has 1 aliphatic rings. The lowest BCUT2D eigenvalue weighted by Crippen LogP contribution is -2.38. The summed E-state index contributed by atoms with van der Waals surface area (Å²) in [4.78, 5) is 7.31. The molecule has 2 heterocycles. The molecule has 5 nitrogen and oxygen atoms in total. The van der Waals surface area contributed by atoms with E-state index in [9.17, 15) is 0 Å². The van der Waals surface area contributed by atoms with E-state index in [0.717, 1.165) is 41.5 Å². The molecule has 29 heavy (non-hydrogen) atoms. The Morgan fingerprint density at radius 1 is 1.07 bits per heavy atom. The van der Waals surface area contributed by atoms with E-state index in [1.165, 1.54) is 47.1 Å². The fourth-order valence-electron chi connectivity index (χ4n) is 4.09. The summed E-state index contributed by atoms with van der Waals surface area (Å²) >= 11 is 1.83. The molecule has 0 fully saturated rings. The first kappa shape index (κ1) is 20.0. The maximum atomic E-state index is 6.63. The number of hydrogen-bond acceptors (Lipinski definition) is 5. The molecule has 6 heteroatoms. The number of benzene rings is 1. The molecule has 1 aromatic carbocycles. The van der Waals surface area contributed by atoms with E-state index in [0.29, 0.717) is 13.2 Å². The van der Waals surface area contributed by atoms with Crippen molar-refractivity contribution in [2.45, 2.75) is 58.9 Å². The van der Waals surface area contributed by atoms with Gasteiger partial charge >= 0.3 is 0 Å². The number of thiophene rings is 1. The Kier molecular flexibility index (Phi) is 6.19. The molecule has 0 saturated carbocycles. The van der Waals surface area contributed by atoms with E-state index in [1.54, 1.807) is 0 Å². The van der Waals surface area contributed by atoms with Crippen LogP contribution >= 0.6 is 11.3 Å². The molecule has 154 valence electrons. The third-order valence-electron chi connectivity index (χ3n) is 5.53. The van der Waals surface area contributed by atoms with E-state index in [2.05, 4.69) is 16.7 Å². The number of ether oxygens (including phenoxy) is 2. The summed E-state index contributed by atoms with van der Waals surface area (Å²) in [6.45, 7) is 6.01. The quantitative estimate of drug-likeness (QED) is 0.459. The van der Waals surface area contributed by atoms with Gasteiger partial charge in [0.1, 0.15) is 5.39 Å². The van der Waals surface area contributed by atoms with Crippen molar-refractivity contribution in [1.82, 2.24) is 4.98 Å². The molecule has 2 aromatic heterocycles. The third kappa shape index (κ3) is 4.17. The fraction of sp³-hybridized carbons (Fsp3) is 0.478. The number of aromatic nitrogens is 2. The molecule has 4 rings (SSSR count). The molecule has 1 aliphatic carbocycles. The van der Waals surface area contributed by atoms with Gasteiger partial charge in [0.05, 0.1) is 19.8 Å². The standard InChI is InChI=1S/C23H29N3O2S/c1-3-27-18-11-10-16(14-19(18)28-4-2)12-13-26-15-25-23-21(22(26)24)17-8-6-5-7-9-20(17)29-23/h10-11,14-15,24H,3-9,12-13H2,1-2H3/p+1. The minimum Gasteiger partial charge on any atom is -0.490 e. The predicted octanol–water partition coefficient (Wildman–Crippen LogP) is 4.48. The average molecular weight is 413 g/mol. The Morgan fingerprint density at radius 3 is 2.69 bits per heavy atom. The van der Waals surface area contributed by atoms with Gasteiger partial charge in [0.2, 0.25) is 17.0 Å². The SMILES string of the molecule is CCOc1ccc(CC[n+]2cnc3sc4c(c3c2N)CCCCC4)cc1OCC. The summed E-state index contributed by atoms with van der Waals surface area (Å²) in [6, 6.07) is 6.18. The summed E-state index contributed by atoms with van der Waals surface area (Å²) < 4.78 is 13.5. The Hall–Kier alpha value is -2.34. The molecule has 0 spiro atoms. The number of rotatable bonds is 7. The van der Waals surface area contributed by atoms with Gasteiger partial charge in [-0.1, -0.05) is 17.5 Å². The number of nitrogens with zero attached hydrogens (tertiary/aromatic N) is 2. The zero-order chi connectivity index (χ0) is 20.2. The van der Waals surface area contributed by atoms with Crippen molar-refractivity contribution in [2.24, 2.45) is 0 Å². The molecule has 0 aliphatic heterocycles. The Morgan fingerprint density at radius 2 is 1.86 bits per heavy atom. The minimum atomic E-state index is 0.620. The van der Waals surface area contributed by atoms with Gasteiger partial charge in [-0.25, -0.2) is 4.57 Å². The number of aryl methyl sites for hydroxylation is 4. The van der Waals surface area contributed by atoms with Gasteiger partial charge in [-0.3, -0.25) is 0 Å². The first-order valence-corrected chi connectivity index (χ1v) is 11.5. The zero-order valence-corrected chi connectivity index (χ0v) is 18.2. The van der Waals surface area contributed by atoms with Crippen LogP contribution in [0.2, 0.25) is 0 Å². The first-order chi connectivity index (χ1) is 14.2. The van der Waals surface area contributed by atoms with Gasteiger partial charge in [-0.2, -0.15) is 0 Å². The van der Waals surface area contributed by atoms with Crippen molar-refractivity contribution in [3.8, 4) is 11.5 Å². The summed E-state index contributed by atoms with van der Waals surface area (Å²) in [6.07, 6.45) is 8.89. The predicted molar refractivity (Wildman–Crippen MR) is 118 cm³/mol. The van der Waals surface area contributed by atoms with Crippen LogP contribution in [-0.4, -0.2) is 18.2 Å². The molecule has 2 N–H and O–H groups in total. The summed E-state index contributed by atoms with van der Waals surface area (Å²) in [7, 11) is 0. The van der Waals surface area contributed by atoms with Crippen molar-refractivity contribution in [1.29, 1.82) is 0 Å². The Bertz CT molecular complexity index is 999. The third-order valence-corrected chi connectivity index (χ3v) is 6.73.